The van der Waals surface area contributed by atoms with Crippen molar-refractivity contribution in [2.45, 2.75) is 39.5 Å². The summed E-state index contributed by atoms with van der Waals surface area (Å²) in [5, 5.41) is 15.0. The molecule has 1 aliphatic rings. The van der Waals surface area contributed by atoms with Gasteiger partial charge in [0.15, 0.2) is 11.0 Å². The van der Waals surface area contributed by atoms with Gasteiger partial charge in [0.1, 0.15) is 11.3 Å². The number of nitrogens with zero attached hydrogens (tertiary/aromatic N) is 4. The number of rotatable bonds is 4. The molecule has 1 saturated heterocycles. The SMILES string of the molecule is Cc1onc(C(C)C)c1C(=O)Nc1ccc(N2CCCC2)c2nonc12. The maximum absolute atomic E-state index is 12.8. The lowest BCUT2D eigenvalue weighted by Gasteiger charge is -2.18. The molecular weight excluding hydrogens is 334 g/mol. The third-order valence-corrected chi connectivity index (χ3v) is 4.75. The summed E-state index contributed by atoms with van der Waals surface area (Å²) in [6.07, 6.45) is 2.33. The molecule has 2 aromatic heterocycles. The number of amides is 1. The van der Waals surface area contributed by atoms with Crippen LogP contribution in [0.5, 0.6) is 0 Å². The van der Waals surface area contributed by atoms with Crippen LogP contribution in [0, 0.1) is 6.92 Å². The van der Waals surface area contributed by atoms with Crippen LogP contribution < -0.4 is 10.2 Å². The maximum Gasteiger partial charge on any atom is 0.261 e. The van der Waals surface area contributed by atoms with Crippen LogP contribution in [0.2, 0.25) is 0 Å². The lowest BCUT2D eigenvalue weighted by atomic mass is 10.0. The Morgan fingerprint density at radius 2 is 1.88 bits per heavy atom. The highest BCUT2D eigenvalue weighted by Crippen LogP contribution is 2.32. The molecule has 1 fully saturated rings. The molecule has 8 heteroatoms. The van der Waals surface area contributed by atoms with Gasteiger partial charge in [-0.15, -0.1) is 0 Å². The van der Waals surface area contributed by atoms with Gasteiger partial charge in [0.05, 0.1) is 17.1 Å². The van der Waals surface area contributed by atoms with E-state index in [-0.39, 0.29) is 11.8 Å². The molecule has 0 saturated carbocycles. The molecule has 4 rings (SSSR count). The smallest absolute Gasteiger partial charge is 0.261 e. The quantitative estimate of drug-likeness (QED) is 0.765. The molecule has 1 amide bonds. The van der Waals surface area contributed by atoms with Crippen LogP contribution in [0.25, 0.3) is 11.0 Å². The predicted molar refractivity (Wildman–Crippen MR) is 96.5 cm³/mol. The van der Waals surface area contributed by atoms with Crippen LogP contribution in [-0.4, -0.2) is 34.5 Å². The summed E-state index contributed by atoms with van der Waals surface area (Å²) in [5.74, 6) is 0.305. The molecular formula is C18H21N5O3. The van der Waals surface area contributed by atoms with Crippen molar-refractivity contribution in [1.29, 1.82) is 0 Å². The Hall–Kier alpha value is -2.90. The Bertz CT molecular complexity index is 953. The van der Waals surface area contributed by atoms with Crippen molar-refractivity contribution in [2.75, 3.05) is 23.3 Å². The Labute approximate surface area is 150 Å². The summed E-state index contributed by atoms with van der Waals surface area (Å²) < 4.78 is 10.2. The number of carbonyl (C=O) groups excluding carboxylic acids is 1. The van der Waals surface area contributed by atoms with E-state index < -0.39 is 0 Å². The van der Waals surface area contributed by atoms with Crippen molar-refractivity contribution in [3.63, 3.8) is 0 Å². The molecule has 3 aromatic rings. The van der Waals surface area contributed by atoms with Crippen LogP contribution in [-0.2, 0) is 0 Å². The zero-order valence-corrected chi connectivity index (χ0v) is 15.1. The number of hydrogen-bond donors (Lipinski definition) is 1. The normalized spacial score (nSPS) is 14.5. The Balaban J connectivity index is 1.68. The lowest BCUT2D eigenvalue weighted by molar-refractivity contribution is 0.102. The van der Waals surface area contributed by atoms with Crippen LogP contribution >= 0.6 is 0 Å². The average molecular weight is 355 g/mol. The monoisotopic (exact) mass is 355 g/mol. The zero-order chi connectivity index (χ0) is 18.3. The summed E-state index contributed by atoms with van der Waals surface area (Å²) in [4.78, 5) is 15.1. The number of aryl methyl sites for hydroxylation is 1. The Morgan fingerprint density at radius 3 is 2.62 bits per heavy atom. The van der Waals surface area contributed by atoms with Gasteiger partial charge in [0.2, 0.25) is 0 Å². The van der Waals surface area contributed by atoms with Crippen molar-refractivity contribution >= 4 is 28.3 Å². The van der Waals surface area contributed by atoms with Crippen LogP contribution in [0.4, 0.5) is 11.4 Å². The standard InChI is InChI=1S/C18H21N5O3/c1-10(2)15-14(11(3)25-20-15)18(24)19-12-6-7-13(23-8-4-5-9-23)17-16(12)21-26-22-17/h6-7,10H,4-5,8-9H2,1-3H3,(H,19,24). The molecule has 3 heterocycles. The first-order chi connectivity index (χ1) is 12.6. The van der Waals surface area contributed by atoms with Crippen molar-refractivity contribution < 1.29 is 13.9 Å². The molecule has 136 valence electrons. The number of fused-ring (bicyclic) bond motifs is 1. The molecule has 0 aliphatic carbocycles. The van der Waals surface area contributed by atoms with Gasteiger partial charge >= 0.3 is 0 Å². The fourth-order valence-corrected chi connectivity index (χ4v) is 3.41. The van der Waals surface area contributed by atoms with Gasteiger partial charge in [-0.25, -0.2) is 4.63 Å². The van der Waals surface area contributed by atoms with E-state index in [2.05, 4.69) is 25.7 Å². The lowest BCUT2D eigenvalue weighted by Crippen LogP contribution is -2.19. The van der Waals surface area contributed by atoms with Gasteiger partial charge in [-0.2, -0.15) is 0 Å². The average Bonchev–Trinajstić information content (AvgIpc) is 3.35. The minimum absolute atomic E-state index is 0.0829. The molecule has 0 spiro atoms. The molecule has 1 N–H and O–H groups in total. The van der Waals surface area contributed by atoms with Crippen LogP contribution in [0.3, 0.4) is 0 Å². The fraction of sp³-hybridized carbons (Fsp3) is 0.444. The number of anilines is 2. The van der Waals surface area contributed by atoms with Gasteiger partial charge < -0.3 is 14.7 Å². The fourth-order valence-electron chi connectivity index (χ4n) is 3.41. The van der Waals surface area contributed by atoms with E-state index in [0.29, 0.717) is 33.7 Å². The molecule has 8 nitrogen and oxygen atoms in total. The van der Waals surface area contributed by atoms with Gasteiger partial charge in [-0.3, -0.25) is 4.79 Å². The van der Waals surface area contributed by atoms with E-state index in [1.54, 1.807) is 6.92 Å². The molecule has 0 radical (unpaired) electrons. The van der Waals surface area contributed by atoms with E-state index in [9.17, 15) is 4.79 Å². The Kier molecular flexibility index (Phi) is 4.10. The van der Waals surface area contributed by atoms with Crippen molar-refractivity contribution in [3.05, 3.63) is 29.2 Å². The molecule has 26 heavy (non-hydrogen) atoms. The first-order valence-electron chi connectivity index (χ1n) is 8.84. The first-order valence-corrected chi connectivity index (χ1v) is 8.84. The van der Waals surface area contributed by atoms with E-state index in [1.807, 2.05) is 26.0 Å². The van der Waals surface area contributed by atoms with E-state index >= 15 is 0 Å². The Morgan fingerprint density at radius 1 is 1.15 bits per heavy atom. The van der Waals surface area contributed by atoms with Crippen molar-refractivity contribution in [3.8, 4) is 0 Å². The number of hydrogen-bond acceptors (Lipinski definition) is 7. The number of benzene rings is 1. The van der Waals surface area contributed by atoms with Crippen LogP contribution in [0.1, 0.15) is 54.4 Å². The van der Waals surface area contributed by atoms with E-state index in [1.165, 1.54) is 0 Å². The van der Waals surface area contributed by atoms with E-state index in [0.717, 1.165) is 31.6 Å². The number of nitrogens with one attached hydrogen (secondary N) is 1. The van der Waals surface area contributed by atoms with Crippen LogP contribution in [0.15, 0.2) is 21.3 Å². The second kappa shape index (κ2) is 6.44. The predicted octanol–water partition coefficient (Wildman–Crippen LogP) is 3.50. The third kappa shape index (κ3) is 2.71. The van der Waals surface area contributed by atoms with E-state index in [4.69, 9.17) is 9.15 Å². The molecule has 0 atom stereocenters. The van der Waals surface area contributed by atoms with Gasteiger partial charge in [0.25, 0.3) is 5.91 Å². The highest BCUT2D eigenvalue weighted by molar-refractivity contribution is 6.10. The second-order valence-corrected chi connectivity index (χ2v) is 6.90. The summed E-state index contributed by atoms with van der Waals surface area (Å²) in [6.45, 7) is 7.66. The minimum Gasteiger partial charge on any atom is -0.370 e. The van der Waals surface area contributed by atoms with Gasteiger partial charge in [-0.1, -0.05) is 19.0 Å². The summed E-state index contributed by atoms with van der Waals surface area (Å²) in [6, 6.07) is 3.80. The first kappa shape index (κ1) is 16.6. The largest absolute Gasteiger partial charge is 0.370 e. The van der Waals surface area contributed by atoms with Crippen molar-refractivity contribution in [2.24, 2.45) is 0 Å². The summed E-state index contributed by atoms with van der Waals surface area (Å²) >= 11 is 0. The molecule has 1 aliphatic heterocycles. The topological polar surface area (TPSA) is 97.3 Å². The molecule has 0 unspecified atom stereocenters. The molecule has 1 aromatic carbocycles. The zero-order valence-electron chi connectivity index (χ0n) is 15.1. The van der Waals surface area contributed by atoms with Crippen molar-refractivity contribution in [1.82, 2.24) is 15.5 Å². The number of carbonyl (C=O) groups is 1. The minimum atomic E-state index is -0.273. The maximum atomic E-state index is 12.8. The number of aromatic nitrogens is 3. The summed E-state index contributed by atoms with van der Waals surface area (Å²) in [5.41, 5.74) is 3.86. The van der Waals surface area contributed by atoms with Gasteiger partial charge in [0, 0.05) is 13.1 Å². The highest BCUT2D eigenvalue weighted by Gasteiger charge is 2.25. The summed E-state index contributed by atoms with van der Waals surface area (Å²) in [7, 11) is 0. The second-order valence-electron chi connectivity index (χ2n) is 6.90. The molecule has 0 bridgehead atoms. The van der Waals surface area contributed by atoms with Gasteiger partial charge in [-0.05, 0) is 48.1 Å². The third-order valence-electron chi connectivity index (χ3n) is 4.75. The highest BCUT2D eigenvalue weighted by atomic mass is 16.6.